The molecule has 0 aliphatic rings. The molecule has 112 valence electrons. The fraction of sp³-hybridized carbons (Fsp3) is 0.250. The van der Waals surface area contributed by atoms with E-state index < -0.39 is 11.6 Å². The largest absolute Gasteiger partial charge is 0.489 e. The number of halogens is 2. The predicted octanol–water partition coefficient (Wildman–Crippen LogP) is 3.95. The molecule has 0 aliphatic carbocycles. The van der Waals surface area contributed by atoms with Crippen molar-refractivity contribution in [2.24, 2.45) is 0 Å². The van der Waals surface area contributed by atoms with Crippen LogP contribution in [0, 0.1) is 11.6 Å². The minimum Gasteiger partial charge on any atom is -0.489 e. The topological polar surface area (TPSA) is 47.3 Å². The summed E-state index contributed by atoms with van der Waals surface area (Å²) in [6.45, 7) is 4.17. The molecule has 2 rings (SSSR count). The van der Waals surface area contributed by atoms with Gasteiger partial charge < -0.3 is 15.8 Å². The van der Waals surface area contributed by atoms with Gasteiger partial charge in [-0.2, -0.15) is 0 Å². The van der Waals surface area contributed by atoms with Crippen LogP contribution in [0.3, 0.4) is 0 Å². The molecular formula is C16H18F2N2O. The molecule has 2 aromatic rings. The highest BCUT2D eigenvalue weighted by atomic mass is 19.2. The van der Waals surface area contributed by atoms with Crippen LogP contribution in [0.2, 0.25) is 0 Å². The van der Waals surface area contributed by atoms with Gasteiger partial charge in [0.1, 0.15) is 5.75 Å². The van der Waals surface area contributed by atoms with E-state index in [0.29, 0.717) is 29.2 Å². The van der Waals surface area contributed by atoms with Gasteiger partial charge >= 0.3 is 0 Å². The lowest BCUT2D eigenvalue weighted by Gasteiger charge is -2.15. The predicted molar refractivity (Wildman–Crippen MR) is 80.3 cm³/mol. The Bertz CT molecular complexity index is 630. The first kappa shape index (κ1) is 15.1. The average Bonchev–Trinajstić information content (AvgIpc) is 2.43. The summed E-state index contributed by atoms with van der Waals surface area (Å²) in [7, 11) is 0. The Labute approximate surface area is 122 Å². The Kier molecular flexibility index (Phi) is 4.62. The summed E-state index contributed by atoms with van der Waals surface area (Å²) in [5.74, 6) is -1.12. The zero-order valence-electron chi connectivity index (χ0n) is 12.0. The quantitative estimate of drug-likeness (QED) is 0.820. The molecule has 0 atom stereocenters. The Morgan fingerprint density at radius 3 is 2.57 bits per heavy atom. The van der Waals surface area contributed by atoms with Gasteiger partial charge in [-0.05, 0) is 43.7 Å². The smallest absolute Gasteiger partial charge is 0.159 e. The highest BCUT2D eigenvalue weighted by molar-refractivity contribution is 5.73. The van der Waals surface area contributed by atoms with Crippen LogP contribution in [-0.4, -0.2) is 6.10 Å². The van der Waals surface area contributed by atoms with Gasteiger partial charge in [0.2, 0.25) is 0 Å². The normalized spacial score (nSPS) is 10.7. The first-order chi connectivity index (χ1) is 9.97. The van der Waals surface area contributed by atoms with Crippen molar-refractivity contribution >= 4 is 11.4 Å². The van der Waals surface area contributed by atoms with E-state index in [9.17, 15) is 8.78 Å². The second kappa shape index (κ2) is 6.43. The van der Waals surface area contributed by atoms with Crippen molar-refractivity contribution in [2.75, 3.05) is 11.1 Å². The molecule has 0 bridgehead atoms. The zero-order chi connectivity index (χ0) is 15.4. The van der Waals surface area contributed by atoms with E-state index in [1.54, 1.807) is 6.07 Å². The lowest BCUT2D eigenvalue weighted by Crippen LogP contribution is -2.09. The SMILES string of the molecule is CC(C)Oc1cccc(NCc2ccc(F)c(F)c2)c1N. The Balaban J connectivity index is 2.11. The number of nitrogen functional groups attached to an aromatic ring is 1. The van der Waals surface area contributed by atoms with Crippen LogP contribution >= 0.6 is 0 Å². The van der Waals surface area contributed by atoms with Crippen molar-refractivity contribution in [2.45, 2.75) is 26.5 Å². The molecule has 0 amide bonds. The number of hydrogen-bond acceptors (Lipinski definition) is 3. The first-order valence-corrected chi connectivity index (χ1v) is 6.70. The Morgan fingerprint density at radius 2 is 1.90 bits per heavy atom. The van der Waals surface area contributed by atoms with E-state index in [2.05, 4.69) is 5.32 Å². The number of benzene rings is 2. The van der Waals surface area contributed by atoms with Crippen LogP contribution in [0.4, 0.5) is 20.2 Å². The number of rotatable bonds is 5. The Morgan fingerprint density at radius 1 is 1.14 bits per heavy atom. The number of ether oxygens (including phenoxy) is 1. The fourth-order valence-corrected chi connectivity index (χ4v) is 1.90. The van der Waals surface area contributed by atoms with Crippen LogP contribution < -0.4 is 15.8 Å². The minimum absolute atomic E-state index is 0.0220. The lowest BCUT2D eigenvalue weighted by atomic mass is 10.2. The van der Waals surface area contributed by atoms with Gasteiger partial charge in [-0.1, -0.05) is 12.1 Å². The molecule has 3 nitrogen and oxygen atoms in total. The summed E-state index contributed by atoms with van der Waals surface area (Å²) < 4.78 is 31.6. The standard InChI is InChI=1S/C16H18F2N2O/c1-10(2)21-15-5-3-4-14(16(15)19)20-9-11-6-7-12(17)13(18)8-11/h3-8,10,20H,9,19H2,1-2H3. The second-order valence-electron chi connectivity index (χ2n) is 4.99. The molecule has 0 fully saturated rings. The molecule has 0 aromatic heterocycles. The van der Waals surface area contributed by atoms with Crippen LogP contribution in [-0.2, 0) is 6.54 Å². The van der Waals surface area contributed by atoms with E-state index in [0.717, 1.165) is 12.1 Å². The third kappa shape index (κ3) is 3.84. The molecule has 0 aliphatic heterocycles. The van der Waals surface area contributed by atoms with E-state index in [-0.39, 0.29) is 6.10 Å². The van der Waals surface area contributed by atoms with Crippen molar-refractivity contribution in [1.82, 2.24) is 0 Å². The maximum atomic E-state index is 13.1. The molecule has 0 unspecified atom stereocenters. The molecule has 21 heavy (non-hydrogen) atoms. The summed E-state index contributed by atoms with van der Waals surface area (Å²) >= 11 is 0. The lowest BCUT2D eigenvalue weighted by molar-refractivity contribution is 0.244. The van der Waals surface area contributed by atoms with Gasteiger partial charge in [0.25, 0.3) is 0 Å². The monoisotopic (exact) mass is 292 g/mol. The fourth-order valence-electron chi connectivity index (χ4n) is 1.90. The van der Waals surface area contributed by atoms with Crippen LogP contribution in [0.25, 0.3) is 0 Å². The van der Waals surface area contributed by atoms with Crippen LogP contribution in [0.15, 0.2) is 36.4 Å². The maximum absolute atomic E-state index is 13.1. The van der Waals surface area contributed by atoms with Crippen molar-refractivity contribution in [1.29, 1.82) is 0 Å². The molecular weight excluding hydrogens is 274 g/mol. The van der Waals surface area contributed by atoms with Gasteiger partial charge in [-0.25, -0.2) is 8.78 Å². The highest BCUT2D eigenvalue weighted by Crippen LogP contribution is 2.30. The van der Waals surface area contributed by atoms with Gasteiger partial charge in [-0.15, -0.1) is 0 Å². The summed E-state index contributed by atoms with van der Waals surface area (Å²) in [4.78, 5) is 0. The van der Waals surface area contributed by atoms with E-state index in [1.807, 2.05) is 26.0 Å². The minimum atomic E-state index is -0.862. The zero-order valence-corrected chi connectivity index (χ0v) is 12.0. The van der Waals surface area contributed by atoms with E-state index in [4.69, 9.17) is 10.5 Å². The van der Waals surface area contributed by atoms with Crippen molar-refractivity contribution < 1.29 is 13.5 Å². The number of anilines is 2. The summed E-state index contributed by atoms with van der Waals surface area (Å²) in [5.41, 5.74) is 7.84. The van der Waals surface area contributed by atoms with Gasteiger partial charge in [0.05, 0.1) is 17.5 Å². The summed E-state index contributed by atoms with van der Waals surface area (Å²) in [5, 5.41) is 3.10. The molecule has 0 saturated carbocycles. The van der Waals surface area contributed by atoms with Crippen molar-refractivity contribution in [3.8, 4) is 5.75 Å². The van der Waals surface area contributed by atoms with Crippen LogP contribution in [0.1, 0.15) is 19.4 Å². The van der Waals surface area contributed by atoms with E-state index in [1.165, 1.54) is 6.07 Å². The van der Waals surface area contributed by atoms with Crippen LogP contribution in [0.5, 0.6) is 5.75 Å². The summed E-state index contributed by atoms with van der Waals surface area (Å²) in [6.07, 6.45) is 0.0220. The van der Waals surface area contributed by atoms with Crippen molar-refractivity contribution in [3.05, 3.63) is 53.6 Å². The van der Waals surface area contributed by atoms with Crippen molar-refractivity contribution in [3.63, 3.8) is 0 Å². The second-order valence-corrected chi connectivity index (χ2v) is 4.99. The average molecular weight is 292 g/mol. The number of hydrogen-bond donors (Lipinski definition) is 2. The first-order valence-electron chi connectivity index (χ1n) is 6.70. The third-order valence-corrected chi connectivity index (χ3v) is 2.90. The van der Waals surface area contributed by atoms with Gasteiger partial charge in [-0.3, -0.25) is 0 Å². The van der Waals surface area contributed by atoms with E-state index >= 15 is 0 Å². The Hall–Kier alpha value is -2.30. The number of nitrogens with one attached hydrogen (secondary N) is 1. The number of nitrogens with two attached hydrogens (primary N) is 1. The highest BCUT2D eigenvalue weighted by Gasteiger charge is 2.08. The van der Waals surface area contributed by atoms with Gasteiger partial charge in [0.15, 0.2) is 11.6 Å². The molecule has 0 spiro atoms. The molecule has 5 heteroatoms. The molecule has 0 saturated heterocycles. The number of para-hydroxylation sites is 1. The molecule has 2 aromatic carbocycles. The molecule has 0 radical (unpaired) electrons. The third-order valence-electron chi connectivity index (χ3n) is 2.90. The molecule has 0 heterocycles. The molecule has 3 N–H and O–H groups in total. The maximum Gasteiger partial charge on any atom is 0.159 e. The summed E-state index contributed by atoms with van der Waals surface area (Å²) in [6, 6.07) is 9.21. The van der Waals surface area contributed by atoms with Gasteiger partial charge in [0, 0.05) is 6.54 Å².